The van der Waals surface area contributed by atoms with Gasteiger partial charge in [-0.05, 0) is 18.2 Å². The molecule has 4 aromatic rings. The van der Waals surface area contributed by atoms with E-state index in [4.69, 9.17) is 4.74 Å². The Morgan fingerprint density at radius 1 is 1.15 bits per heavy atom. The van der Waals surface area contributed by atoms with Gasteiger partial charge >= 0.3 is 5.97 Å². The van der Waals surface area contributed by atoms with E-state index in [1.165, 1.54) is 0 Å². The molecule has 7 nitrogen and oxygen atoms in total. The van der Waals surface area contributed by atoms with Crippen LogP contribution in [0.15, 0.2) is 48.7 Å². The van der Waals surface area contributed by atoms with Crippen LogP contribution in [0.5, 0.6) is 0 Å². The number of aromatic nitrogens is 3. The molecule has 2 aromatic carbocycles. The molecule has 0 fully saturated rings. The van der Waals surface area contributed by atoms with E-state index >= 15 is 0 Å². The molecular weight excluding hydrogens is 352 g/mol. The summed E-state index contributed by atoms with van der Waals surface area (Å²) in [6.45, 7) is -0.379. The molecule has 8 heteroatoms. The SMILES string of the molecule is Cn1cc(C(=O)OCC(=O)Nc2cccc3nsnc23)c2ccccc21. The first-order valence-electron chi connectivity index (χ1n) is 7.86. The normalized spacial score (nSPS) is 11.0. The second-order valence-corrected chi connectivity index (χ2v) is 6.26. The quantitative estimate of drug-likeness (QED) is 0.561. The molecular formula is C18H14N4O3S. The summed E-state index contributed by atoms with van der Waals surface area (Å²) in [6.07, 6.45) is 1.70. The largest absolute Gasteiger partial charge is 0.452 e. The number of fused-ring (bicyclic) bond motifs is 2. The van der Waals surface area contributed by atoms with Crippen LogP contribution in [0.25, 0.3) is 21.9 Å². The van der Waals surface area contributed by atoms with Crippen molar-refractivity contribution >= 4 is 51.2 Å². The number of carbonyl (C=O) groups is 2. The van der Waals surface area contributed by atoms with Crippen LogP contribution >= 0.6 is 11.7 Å². The highest BCUT2D eigenvalue weighted by atomic mass is 32.1. The van der Waals surface area contributed by atoms with Gasteiger partial charge in [0, 0.05) is 24.1 Å². The molecule has 0 aliphatic rings. The van der Waals surface area contributed by atoms with Gasteiger partial charge in [-0.15, -0.1) is 0 Å². The first-order valence-corrected chi connectivity index (χ1v) is 8.59. The van der Waals surface area contributed by atoms with Gasteiger partial charge in [-0.25, -0.2) is 4.79 Å². The second-order valence-electron chi connectivity index (χ2n) is 5.73. The van der Waals surface area contributed by atoms with E-state index in [2.05, 4.69) is 14.1 Å². The number of rotatable bonds is 4. The number of hydrogen-bond donors (Lipinski definition) is 1. The number of aryl methyl sites for hydroxylation is 1. The fourth-order valence-electron chi connectivity index (χ4n) is 2.81. The van der Waals surface area contributed by atoms with Crippen molar-refractivity contribution in [2.45, 2.75) is 0 Å². The number of nitrogens with one attached hydrogen (secondary N) is 1. The van der Waals surface area contributed by atoms with Gasteiger partial charge in [0.1, 0.15) is 11.0 Å². The monoisotopic (exact) mass is 366 g/mol. The average molecular weight is 366 g/mol. The van der Waals surface area contributed by atoms with Crippen molar-refractivity contribution in [3.05, 3.63) is 54.2 Å². The molecule has 0 saturated carbocycles. The number of ether oxygens (including phenoxy) is 1. The minimum atomic E-state index is -0.537. The average Bonchev–Trinajstić information content (AvgIpc) is 3.26. The van der Waals surface area contributed by atoms with Crippen molar-refractivity contribution in [1.82, 2.24) is 13.3 Å². The van der Waals surface area contributed by atoms with Crippen LogP contribution in [0.1, 0.15) is 10.4 Å². The summed E-state index contributed by atoms with van der Waals surface area (Å²) in [5.41, 5.74) is 3.22. The van der Waals surface area contributed by atoms with Crippen LogP contribution in [0.2, 0.25) is 0 Å². The van der Waals surface area contributed by atoms with E-state index in [0.29, 0.717) is 22.3 Å². The van der Waals surface area contributed by atoms with Crippen LogP contribution in [0, 0.1) is 0 Å². The Morgan fingerprint density at radius 2 is 2.00 bits per heavy atom. The number of para-hydroxylation sites is 1. The highest BCUT2D eigenvalue weighted by molar-refractivity contribution is 7.00. The standard InChI is InChI=1S/C18H14N4O3S/c1-22-9-12(11-5-2-3-8-15(11)22)18(24)25-10-16(23)19-13-6-4-7-14-17(13)21-26-20-14/h2-9H,10H2,1H3,(H,19,23). The van der Waals surface area contributed by atoms with Crippen molar-refractivity contribution in [3.63, 3.8) is 0 Å². The smallest absolute Gasteiger partial charge is 0.340 e. The van der Waals surface area contributed by atoms with Crippen molar-refractivity contribution < 1.29 is 14.3 Å². The van der Waals surface area contributed by atoms with Crippen molar-refractivity contribution in [1.29, 1.82) is 0 Å². The number of nitrogens with zero attached hydrogens (tertiary/aromatic N) is 3. The Kier molecular flexibility index (Phi) is 4.10. The van der Waals surface area contributed by atoms with Crippen LogP contribution in [0.3, 0.4) is 0 Å². The molecule has 2 aromatic heterocycles. The number of anilines is 1. The van der Waals surface area contributed by atoms with Gasteiger partial charge in [0.25, 0.3) is 5.91 Å². The lowest BCUT2D eigenvalue weighted by atomic mass is 10.2. The minimum Gasteiger partial charge on any atom is -0.452 e. The van der Waals surface area contributed by atoms with Crippen LogP contribution in [-0.4, -0.2) is 31.8 Å². The number of benzene rings is 2. The summed E-state index contributed by atoms with van der Waals surface area (Å²) in [5, 5.41) is 3.49. The molecule has 0 bridgehead atoms. The Balaban J connectivity index is 1.45. The van der Waals surface area contributed by atoms with E-state index in [1.807, 2.05) is 41.9 Å². The predicted molar refractivity (Wildman–Crippen MR) is 99.2 cm³/mol. The van der Waals surface area contributed by atoms with E-state index in [-0.39, 0.29) is 6.61 Å². The van der Waals surface area contributed by atoms with E-state index < -0.39 is 11.9 Å². The predicted octanol–water partition coefficient (Wildman–Crippen LogP) is 2.98. The zero-order chi connectivity index (χ0) is 18.1. The fraction of sp³-hybridized carbons (Fsp3) is 0.111. The van der Waals surface area contributed by atoms with E-state index in [9.17, 15) is 9.59 Å². The van der Waals surface area contributed by atoms with Crippen LogP contribution in [0.4, 0.5) is 5.69 Å². The molecule has 1 N–H and O–H groups in total. The second kappa shape index (κ2) is 6.57. The summed E-state index contributed by atoms with van der Waals surface area (Å²) in [4.78, 5) is 24.5. The Bertz CT molecular complexity index is 1130. The lowest BCUT2D eigenvalue weighted by Crippen LogP contribution is -2.21. The zero-order valence-corrected chi connectivity index (χ0v) is 14.6. The van der Waals surface area contributed by atoms with E-state index in [1.54, 1.807) is 18.3 Å². The minimum absolute atomic E-state index is 0.379. The summed E-state index contributed by atoms with van der Waals surface area (Å²) in [7, 11) is 1.86. The summed E-state index contributed by atoms with van der Waals surface area (Å²) in [6, 6.07) is 12.8. The topological polar surface area (TPSA) is 86.1 Å². The molecule has 4 rings (SSSR count). The van der Waals surface area contributed by atoms with Crippen LogP contribution in [-0.2, 0) is 16.6 Å². The molecule has 1 amide bonds. The molecule has 0 radical (unpaired) electrons. The number of amides is 1. The Labute approximate surface area is 152 Å². The lowest BCUT2D eigenvalue weighted by molar-refractivity contribution is -0.119. The number of carbonyl (C=O) groups excluding carboxylic acids is 2. The number of esters is 1. The third kappa shape index (κ3) is 2.91. The van der Waals surface area contributed by atoms with Gasteiger partial charge in [-0.3, -0.25) is 4.79 Å². The van der Waals surface area contributed by atoms with Crippen molar-refractivity contribution in [2.24, 2.45) is 7.05 Å². The van der Waals surface area contributed by atoms with Gasteiger partial charge in [0.15, 0.2) is 6.61 Å². The maximum absolute atomic E-state index is 12.4. The Hall–Kier alpha value is -3.26. The molecule has 0 aliphatic heterocycles. The molecule has 0 spiro atoms. The van der Waals surface area contributed by atoms with Crippen molar-refractivity contribution in [2.75, 3.05) is 11.9 Å². The molecule has 0 atom stereocenters. The van der Waals surface area contributed by atoms with E-state index in [0.717, 1.165) is 22.6 Å². The van der Waals surface area contributed by atoms with Gasteiger partial charge < -0.3 is 14.6 Å². The first-order chi connectivity index (χ1) is 12.6. The molecule has 2 heterocycles. The van der Waals surface area contributed by atoms with Gasteiger partial charge in [0.2, 0.25) is 0 Å². The molecule has 130 valence electrons. The number of hydrogen-bond acceptors (Lipinski definition) is 6. The zero-order valence-electron chi connectivity index (χ0n) is 13.8. The van der Waals surface area contributed by atoms with Crippen molar-refractivity contribution in [3.8, 4) is 0 Å². The van der Waals surface area contributed by atoms with Gasteiger partial charge in [-0.2, -0.15) is 8.75 Å². The lowest BCUT2D eigenvalue weighted by Gasteiger charge is -2.06. The molecule has 26 heavy (non-hydrogen) atoms. The maximum Gasteiger partial charge on any atom is 0.340 e. The summed E-state index contributed by atoms with van der Waals surface area (Å²) < 4.78 is 15.3. The molecule has 0 aliphatic carbocycles. The maximum atomic E-state index is 12.4. The van der Waals surface area contributed by atoms with Gasteiger partial charge in [-0.1, -0.05) is 24.3 Å². The highest BCUT2D eigenvalue weighted by Gasteiger charge is 2.17. The third-order valence-electron chi connectivity index (χ3n) is 4.01. The Morgan fingerprint density at radius 3 is 2.88 bits per heavy atom. The first kappa shape index (κ1) is 16.2. The highest BCUT2D eigenvalue weighted by Crippen LogP contribution is 2.22. The summed E-state index contributed by atoms with van der Waals surface area (Å²) >= 11 is 1.07. The van der Waals surface area contributed by atoms with Crippen LogP contribution < -0.4 is 5.32 Å². The summed E-state index contributed by atoms with van der Waals surface area (Å²) in [5.74, 6) is -0.968. The fourth-order valence-corrected chi connectivity index (χ4v) is 3.36. The molecule has 0 saturated heterocycles. The molecule has 0 unspecified atom stereocenters. The van der Waals surface area contributed by atoms with Gasteiger partial charge in [0.05, 0.1) is 23.0 Å². The third-order valence-corrected chi connectivity index (χ3v) is 4.55.